The van der Waals surface area contributed by atoms with Gasteiger partial charge >= 0.3 is 0 Å². The number of alkyl halides is 2. The summed E-state index contributed by atoms with van der Waals surface area (Å²) < 4.78 is 38.3. The summed E-state index contributed by atoms with van der Waals surface area (Å²) in [5.41, 5.74) is -0.471. The quantitative estimate of drug-likeness (QED) is 0.278. The summed E-state index contributed by atoms with van der Waals surface area (Å²) in [6.45, 7) is 4.83. The number of carbonyl (C=O) groups is 2. The van der Waals surface area contributed by atoms with Crippen molar-refractivity contribution in [3.63, 3.8) is 0 Å². The van der Waals surface area contributed by atoms with E-state index < -0.39 is 11.5 Å². The van der Waals surface area contributed by atoms with E-state index in [1.54, 1.807) is 6.08 Å². The minimum absolute atomic E-state index is 0.0320. The molecule has 2 amide bonds. The minimum Gasteiger partial charge on any atom is -0.377 e. The van der Waals surface area contributed by atoms with Gasteiger partial charge in [0.1, 0.15) is 5.54 Å². The summed E-state index contributed by atoms with van der Waals surface area (Å²) in [4.78, 5) is 23.0. The molecule has 0 aromatic rings. The van der Waals surface area contributed by atoms with Crippen LogP contribution in [-0.4, -0.2) is 69.3 Å². The molecular weight excluding hydrogens is 384 g/mol. The van der Waals surface area contributed by atoms with Gasteiger partial charge in [0.05, 0.1) is 26.4 Å². The number of ether oxygens (including phenoxy) is 2. The largest absolute Gasteiger partial charge is 0.377 e. The molecule has 0 saturated carbocycles. The van der Waals surface area contributed by atoms with E-state index in [0.717, 1.165) is 12.0 Å². The lowest BCUT2D eigenvalue weighted by molar-refractivity contribution is -0.122. The van der Waals surface area contributed by atoms with E-state index in [0.29, 0.717) is 71.7 Å². The SMILES string of the molecule is CCCC(=O)NCCOCCOCCNC(=O)CCCC1=CC12NCCC2(F)F. The summed E-state index contributed by atoms with van der Waals surface area (Å²) in [5.74, 6) is -2.77. The monoisotopic (exact) mass is 417 g/mol. The van der Waals surface area contributed by atoms with Crippen molar-refractivity contribution >= 4 is 11.8 Å². The van der Waals surface area contributed by atoms with E-state index in [4.69, 9.17) is 9.47 Å². The van der Waals surface area contributed by atoms with E-state index in [9.17, 15) is 18.4 Å². The van der Waals surface area contributed by atoms with Crippen molar-refractivity contribution in [1.82, 2.24) is 16.0 Å². The Morgan fingerprint density at radius 3 is 2.24 bits per heavy atom. The summed E-state index contributed by atoms with van der Waals surface area (Å²) in [5, 5.41) is 8.39. The minimum atomic E-state index is -2.70. The Hall–Kier alpha value is -1.58. The van der Waals surface area contributed by atoms with Crippen molar-refractivity contribution in [2.24, 2.45) is 0 Å². The molecule has 1 spiro atoms. The molecule has 1 aliphatic carbocycles. The summed E-state index contributed by atoms with van der Waals surface area (Å²) >= 11 is 0. The van der Waals surface area contributed by atoms with E-state index in [-0.39, 0.29) is 18.2 Å². The van der Waals surface area contributed by atoms with Crippen LogP contribution in [0.25, 0.3) is 0 Å². The van der Waals surface area contributed by atoms with E-state index in [1.165, 1.54) is 0 Å². The van der Waals surface area contributed by atoms with Gasteiger partial charge in [-0.3, -0.25) is 14.9 Å². The van der Waals surface area contributed by atoms with Gasteiger partial charge in [0.15, 0.2) is 0 Å². The van der Waals surface area contributed by atoms with Crippen LogP contribution in [0.3, 0.4) is 0 Å². The molecule has 1 saturated heterocycles. The summed E-state index contributed by atoms with van der Waals surface area (Å²) in [6, 6.07) is 0. The zero-order valence-corrected chi connectivity index (χ0v) is 17.2. The van der Waals surface area contributed by atoms with Crippen molar-refractivity contribution in [2.45, 2.75) is 56.9 Å². The number of hydrogen-bond donors (Lipinski definition) is 3. The topological polar surface area (TPSA) is 88.7 Å². The Bertz CT molecular complexity index is 586. The second-order valence-electron chi connectivity index (χ2n) is 7.39. The van der Waals surface area contributed by atoms with Crippen molar-refractivity contribution in [3.8, 4) is 0 Å². The highest BCUT2D eigenvalue weighted by Crippen LogP contribution is 2.53. The number of halogens is 2. The first-order valence-corrected chi connectivity index (χ1v) is 10.5. The third kappa shape index (κ3) is 7.31. The van der Waals surface area contributed by atoms with Crippen molar-refractivity contribution in [1.29, 1.82) is 0 Å². The number of nitrogens with one attached hydrogen (secondary N) is 3. The fourth-order valence-electron chi connectivity index (χ4n) is 3.43. The molecule has 1 fully saturated rings. The van der Waals surface area contributed by atoms with E-state index in [2.05, 4.69) is 16.0 Å². The fourth-order valence-corrected chi connectivity index (χ4v) is 3.43. The van der Waals surface area contributed by atoms with Crippen LogP contribution >= 0.6 is 0 Å². The van der Waals surface area contributed by atoms with Crippen LogP contribution in [0.15, 0.2) is 11.6 Å². The highest BCUT2D eigenvalue weighted by molar-refractivity contribution is 5.76. The van der Waals surface area contributed by atoms with Gasteiger partial charge in [0, 0.05) is 38.9 Å². The van der Waals surface area contributed by atoms with Crippen LogP contribution in [0.5, 0.6) is 0 Å². The normalized spacial score (nSPS) is 21.8. The molecule has 1 aliphatic heterocycles. The molecule has 2 rings (SSSR count). The highest BCUT2D eigenvalue weighted by atomic mass is 19.3. The lowest BCUT2D eigenvalue weighted by Crippen LogP contribution is -2.41. The molecular formula is C20H33F2N3O4. The van der Waals surface area contributed by atoms with Crippen molar-refractivity contribution < 1.29 is 27.8 Å². The standard InChI is InChI=1S/C20H33F2N3O4/c1-2-4-17(26)23-9-11-28-13-14-29-12-10-24-18(27)6-3-5-16-15-19(16)20(21,22)7-8-25-19/h15,25H,2-14H2,1H3,(H,23,26)(H,24,27). The number of carbonyl (C=O) groups excluding carboxylic acids is 2. The molecule has 0 bridgehead atoms. The highest BCUT2D eigenvalue weighted by Gasteiger charge is 2.64. The van der Waals surface area contributed by atoms with Gasteiger partial charge in [-0.25, -0.2) is 8.78 Å². The van der Waals surface area contributed by atoms with Crippen LogP contribution in [0.2, 0.25) is 0 Å². The van der Waals surface area contributed by atoms with E-state index >= 15 is 0 Å². The molecule has 2 aliphatic rings. The molecule has 0 radical (unpaired) electrons. The Morgan fingerprint density at radius 2 is 1.69 bits per heavy atom. The third-order valence-corrected chi connectivity index (χ3v) is 5.07. The van der Waals surface area contributed by atoms with Gasteiger partial charge in [-0.15, -0.1) is 0 Å². The molecule has 166 valence electrons. The maximum absolute atomic E-state index is 13.8. The van der Waals surface area contributed by atoms with Gasteiger partial charge < -0.3 is 20.1 Å². The second kappa shape index (κ2) is 11.6. The average Bonchev–Trinajstić information content (AvgIpc) is 3.29. The van der Waals surface area contributed by atoms with Gasteiger partial charge in [0.25, 0.3) is 5.92 Å². The number of amides is 2. The molecule has 9 heteroatoms. The maximum atomic E-state index is 13.8. The third-order valence-electron chi connectivity index (χ3n) is 5.07. The Morgan fingerprint density at radius 1 is 1.07 bits per heavy atom. The molecule has 0 aromatic carbocycles. The van der Waals surface area contributed by atoms with Gasteiger partial charge in [-0.05, 0) is 24.8 Å². The van der Waals surface area contributed by atoms with Crippen LogP contribution in [-0.2, 0) is 19.1 Å². The zero-order valence-electron chi connectivity index (χ0n) is 17.2. The predicted octanol–water partition coefficient (Wildman–Crippen LogP) is 1.53. The molecule has 29 heavy (non-hydrogen) atoms. The molecule has 7 nitrogen and oxygen atoms in total. The maximum Gasteiger partial charge on any atom is 0.274 e. The van der Waals surface area contributed by atoms with E-state index in [1.807, 2.05) is 6.92 Å². The van der Waals surface area contributed by atoms with Crippen LogP contribution in [0.1, 0.15) is 45.4 Å². The second-order valence-corrected chi connectivity index (χ2v) is 7.39. The van der Waals surface area contributed by atoms with Gasteiger partial charge in [-0.2, -0.15) is 0 Å². The van der Waals surface area contributed by atoms with Gasteiger partial charge in [0.2, 0.25) is 11.8 Å². The van der Waals surface area contributed by atoms with Crippen LogP contribution in [0.4, 0.5) is 8.78 Å². The first kappa shape index (κ1) is 23.7. The smallest absolute Gasteiger partial charge is 0.274 e. The molecule has 0 aromatic heterocycles. The van der Waals surface area contributed by atoms with Crippen molar-refractivity contribution in [3.05, 3.63) is 11.6 Å². The Kier molecular flexibility index (Phi) is 9.45. The molecule has 1 atom stereocenters. The lowest BCUT2D eigenvalue weighted by atomic mass is 10.0. The fraction of sp³-hybridized carbons (Fsp3) is 0.800. The first-order chi connectivity index (χ1) is 13.9. The molecule has 3 N–H and O–H groups in total. The van der Waals surface area contributed by atoms with Gasteiger partial charge in [-0.1, -0.05) is 13.0 Å². The van der Waals surface area contributed by atoms with Crippen molar-refractivity contribution in [2.75, 3.05) is 46.1 Å². The Labute approximate surface area is 171 Å². The number of rotatable bonds is 15. The molecule has 1 unspecified atom stereocenters. The zero-order chi connectivity index (χ0) is 21.2. The lowest BCUT2D eigenvalue weighted by Gasteiger charge is -2.20. The van der Waals surface area contributed by atoms with Crippen LogP contribution < -0.4 is 16.0 Å². The first-order valence-electron chi connectivity index (χ1n) is 10.5. The molecule has 1 heterocycles. The van der Waals surface area contributed by atoms with Crippen LogP contribution in [0, 0.1) is 0 Å². The summed E-state index contributed by atoms with van der Waals surface area (Å²) in [6.07, 6.45) is 4.21. The average molecular weight is 417 g/mol. The predicted molar refractivity (Wildman–Crippen MR) is 105 cm³/mol. The summed E-state index contributed by atoms with van der Waals surface area (Å²) in [7, 11) is 0. The number of hydrogen-bond acceptors (Lipinski definition) is 5. The Balaban J connectivity index is 1.36.